The highest BCUT2D eigenvalue weighted by Gasteiger charge is 2.27. The Morgan fingerprint density at radius 1 is 1.31 bits per heavy atom. The van der Waals surface area contributed by atoms with Gasteiger partial charge in [0.25, 0.3) is 0 Å². The third-order valence-corrected chi connectivity index (χ3v) is 4.29. The summed E-state index contributed by atoms with van der Waals surface area (Å²) in [5, 5.41) is 3.35. The Morgan fingerprint density at radius 2 is 2.04 bits per heavy atom. The molecule has 0 aromatic heterocycles. The minimum Gasteiger partial charge on any atom is -0.497 e. The second kappa shape index (κ2) is 12.0. The van der Waals surface area contributed by atoms with Crippen molar-refractivity contribution < 1.29 is 14.3 Å². The van der Waals surface area contributed by atoms with E-state index in [0.29, 0.717) is 13.2 Å². The number of piperidine rings is 1. The molecule has 1 aliphatic rings. The maximum Gasteiger partial charge on any atom is 0.309 e. The highest BCUT2D eigenvalue weighted by molar-refractivity contribution is 14.0. The number of methoxy groups -OCH3 is 1. The molecule has 0 amide bonds. The summed E-state index contributed by atoms with van der Waals surface area (Å²) < 4.78 is 10.4. The van der Waals surface area contributed by atoms with Gasteiger partial charge in [0.05, 0.1) is 26.2 Å². The van der Waals surface area contributed by atoms with E-state index in [1.807, 2.05) is 31.2 Å². The number of hydrogen-bond donors (Lipinski definition) is 1. The second-order valence-corrected chi connectivity index (χ2v) is 6.04. The fraction of sp³-hybridized carbons (Fsp3) is 0.579. The zero-order chi connectivity index (χ0) is 18.1. The van der Waals surface area contributed by atoms with Crippen LogP contribution in [0, 0.1) is 5.92 Å². The summed E-state index contributed by atoms with van der Waals surface area (Å²) in [6, 6.07) is 7.95. The Labute approximate surface area is 173 Å². The molecule has 0 radical (unpaired) electrons. The number of ether oxygens (including phenoxy) is 2. The van der Waals surface area contributed by atoms with E-state index < -0.39 is 0 Å². The van der Waals surface area contributed by atoms with Crippen molar-refractivity contribution in [1.82, 2.24) is 10.2 Å². The number of carbonyl (C=O) groups is 1. The van der Waals surface area contributed by atoms with Crippen LogP contribution in [0.5, 0.6) is 5.75 Å². The molecular weight excluding hydrogens is 445 g/mol. The summed E-state index contributed by atoms with van der Waals surface area (Å²) in [6.07, 6.45) is 1.62. The lowest BCUT2D eigenvalue weighted by Gasteiger charge is -2.33. The third-order valence-electron chi connectivity index (χ3n) is 4.29. The lowest BCUT2D eigenvalue weighted by Crippen LogP contribution is -2.46. The first-order valence-corrected chi connectivity index (χ1v) is 9.00. The van der Waals surface area contributed by atoms with Crippen molar-refractivity contribution in [2.75, 3.05) is 33.4 Å². The van der Waals surface area contributed by atoms with Crippen LogP contribution in [0.3, 0.4) is 0 Å². The standard InChI is InChI=1S/C19H29N3O3.HI/c1-4-20-19(21-14-15-7-6-8-17(13-15)24-3)22-11-9-16(10-12-22)18(23)25-5-2;/h6-8,13,16H,4-5,9-12,14H2,1-3H3,(H,20,21);1H. The predicted octanol–water partition coefficient (Wildman–Crippen LogP) is 3.05. The number of benzene rings is 1. The van der Waals surface area contributed by atoms with Gasteiger partial charge in [-0.05, 0) is 44.4 Å². The van der Waals surface area contributed by atoms with Gasteiger partial charge in [0.1, 0.15) is 5.75 Å². The van der Waals surface area contributed by atoms with E-state index >= 15 is 0 Å². The van der Waals surface area contributed by atoms with Crippen molar-refractivity contribution in [3.8, 4) is 5.75 Å². The van der Waals surface area contributed by atoms with Crippen LogP contribution in [-0.4, -0.2) is 50.2 Å². The van der Waals surface area contributed by atoms with Gasteiger partial charge >= 0.3 is 5.97 Å². The van der Waals surface area contributed by atoms with Gasteiger partial charge in [0.2, 0.25) is 0 Å². The van der Waals surface area contributed by atoms with Crippen LogP contribution in [0.4, 0.5) is 0 Å². The van der Waals surface area contributed by atoms with Crippen molar-refractivity contribution in [3.05, 3.63) is 29.8 Å². The zero-order valence-corrected chi connectivity index (χ0v) is 18.2. The number of aliphatic imine (C=N–C) groups is 1. The molecule has 7 heteroatoms. The Bertz CT molecular complexity index is 587. The van der Waals surface area contributed by atoms with Crippen molar-refractivity contribution >= 4 is 35.9 Å². The largest absolute Gasteiger partial charge is 0.497 e. The SMILES string of the molecule is CCNC(=NCc1cccc(OC)c1)N1CCC(C(=O)OCC)CC1.I. The summed E-state index contributed by atoms with van der Waals surface area (Å²) in [5.74, 6) is 1.68. The van der Waals surface area contributed by atoms with Crippen molar-refractivity contribution in [2.24, 2.45) is 10.9 Å². The summed E-state index contributed by atoms with van der Waals surface area (Å²) >= 11 is 0. The topological polar surface area (TPSA) is 63.2 Å². The van der Waals surface area contributed by atoms with E-state index in [9.17, 15) is 4.79 Å². The second-order valence-electron chi connectivity index (χ2n) is 6.04. The molecule has 146 valence electrons. The maximum atomic E-state index is 11.9. The van der Waals surface area contributed by atoms with Crippen LogP contribution in [0.1, 0.15) is 32.3 Å². The van der Waals surface area contributed by atoms with Gasteiger partial charge in [-0.25, -0.2) is 4.99 Å². The smallest absolute Gasteiger partial charge is 0.309 e. The average Bonchev–Trinajstić information content (AvgIpc) is 2.65. The summed E-state index contributed by atoms with van der Waals surface area (Å²) in [7, 11) is 1.67. The fourth-order valence-corrected chi connectivity index (χ4v) is 2.95. The molecule has 1 aliphatic heterocycles. The van der Waals surface area contributed by atoms with E-state index in [1.165, 1.54) is 0 Å². The number of nitrogens with zero attached hydrogens (tertiary/aromatic N) is 2. The number of likely N-dealkylation sites (tertiary alicyclic amines) is 1. The van der Waals surface area contributed by atoms with E-state index in [4.69, 9.17) is 14.5 Å². The van der Waals surface area contributed by atoms with Crippen molar-refractivity contribution in [3.63, 3.8) is 0 Å². The van der Waals surface area contributed by atoms with Gasteiger partial charge in [-0.1, -0.05) is 12.1 Å². The number of esters is 1. The van der Waals surface area contributed by atoms with E-state index in [1.54, 1.807) is 7.11 Å². The molecule has 1 aromatic carbocycles. The molecule has 0 atom stereocenters. The molecule has 0 spiro atoms. The van der Waals surface area contributed by atoms with Crippen molar-refractivity contribution in [1.29, 1.82) is 0 Å². The first-order valence-electron chi connectivity index (χ1n) is 9.00. The van der Waals surface area contributed by atoms with Gasteiger partial charge in [-0.2, -0.15) is 0 Å². The summed E-state index contributed by atoms with van der Waals surface area (Å²) in [6.45, 7) is 7.39. The molecule has 0 saturated carbocycles. The van der Waals surface area contributed by atoms with Crippen LogP contribution in [0.25, 0.3) is 0 Å². The number of rotatable bonds is 6. The van der Waals surface area contributed by atoms with E-state index in [2.05, 4.69) is 17.1 Å². The Balaban J connectivity index is 0.00000338. The highest BCUT2D eigenvalue weighted by Crippen LogP contribution is 2.19. The monoisotopic (exact) mass is 475 g/mol. The number of hydrogen-bond acceptors (Lipinski definition) is 4. The molecule has 26 heavy (non-hydrogen) atoms. The first kappa shape index (κ1) is 22.5. The molecule has 1 heterocycles. The van der Waals surface area contributed by atoms with E-state index in [0.717, 1.165) is 49.7 Å². The average molecular weight is 475 g/mol. The molecule has 1 aromatic rings. The number of guanidine groups is 1. The quantitative estimate of drug-likeness (QED) is 0.297. The molecule has 0 bridgehead atoms. The van der Waals surface area contributed by atoms with Gasteiger partial charge in [0.15, 0.2) is 5.96 Å². The molecule has 0 unspecified atom stereocenters. The van der Waals surface area contributed by atoms with Gasteiger partial charge in [-0.3, -0.25) is 4.79 Å². The molecule has 0 aliphatic carbocycles. The van der Waals surface area contributed by atoms with Crippen LogP contribution in [0.2, 0.25) is 0 Å². The number of halogens is 1. The lowest BCUT2D eigenvalue weighted by molar-refractivity contribution is -0.149. The minimum atomic E-state index is -0.0690. The fourth-order valence-electron chi connectivity index (χ4n) is 2.95. The number of carbonyl (C=O) groups excluding carboxylic acids is 1. The van der Waals surface area contributed by atoms with Gasteiger partial charge in [-0.15, -0.1) is 24.0 Å². The van der Waals surface area contributed by atoms with Crippen LogP contribution < -0.4 is 10.1 Å². The van der Waals surface area contributed by atoms with Crippen LogP contribution in [0.15, 0.2) is 29.3 Å². The maximum absolute atomic E-state index is 11.9. The Morgan fingerprint density at radius 3 is 2.65 bits per heavy atom. The van der Waals surface area contributed by atoms with Gasteiger partial charge in [0, 0.05) is 19.6 Å². The molecule has 1 saturated heterocycles. The summed E-state index contributed by atoms with van der Waals surface area (Å²) in [4.78, 5) is 18.8. The summed E-state index contributed by atoms with van der Waals surface area (Å²) in [5.41, 5.74) is 1.11. The highest BCUT2D eigenvalue weighted by atomic mass is 127. The number of nitrogens with one attached hydrogen (secondary N) is 1. The Hall–Kier alpha value is -1.51. The normalized spacial score (nSPS) is 15.2. The predicted molar refractivity (Wildman–Crippen MR) is 114 cm³/mol. The molecular formula is C19H30IN3O3. The van der Waals surface area contributed by atoms with Crippen molar-refractivity contribution in [2.45, 2.75) is 33.2 Å². The Kier molecular flexibility index (Phi) is 10.4. The van der Waals surface area contributed by atoms with Crippen LogP contribution >= 0.6 is 24.0 Å². The van der Waals surface area contributed by atoms with Crippen LogP contribution in [-0.2, 0) is 16.1 Å². The lowest BCUT2D eigenvalue weighted by atomic mass is 9.97. The molecule has 1 N–H and O–H groups in total. The van der Waals surface area contributed by atoms with Gasteiger partial charge < -0.3 is 19.7 Å². The molecule has 1 fully saturated rings. The van der Waals surface area contributed by atoms with E-state index in [-0.39, 0.29) is 35.9 Å². The zero-order valence-electron chi connectivity index (χ0n) is 15.9. The minimum absolute atomic E-state index is 0. The molecule has 2 rings (SSSR count). The third kappa shape index (κ3) is 6.66. The first-order chi connectivity index (χ1) is 12.2. The molecule has 6 nitrogen and oxygen atoms in total.